The fourth-order valence-corrected chi connectivity index (χ4v) is 7.21. The quantitative estimate of drug-likeness (QED) is 0.0325. The number of rotatable bonds is 44. The van der Waals surface area contributed by atoms with Crippen LogP contribution < -0.4 is 5.32 Å². The highest BCUT2D eigenvalue weighted by Crippen LogP contribution is 2.14. The highest BCUT2D eigenvalue weighted by Gasteiger charge is 2.18. The summed E-state index contributed by atoms with van der Waals surface area (Å²) < 4.78 is 5.45. The van der Waals surface area contributed by atoms with Gasteiger partial charge in [-0.25, -0.2) is 0 Å². The molecule has 0 fully saturated rings. The van der Waals surface area contributed by atoms with Crippen LogP contribution in [-0.2, 0) is 14.3 Å². The van der Waals surface area contributed by atoms with E-state index in [-0.39, 0.29) is 18.5 Å². The topological polar surface area (TPSA) is 95.9 Å². The lowest BCUT2D eigenvalue weighted by atomic mass is 10.1. The maximum absolute atomic E-state index is 12.4. The summed E-state index contributed by atoms with van der Waals surface area (Å²) in [6.07, 6.45) is 51.7. The van der Waals surface area contributed by atoms with Crippen molar-refractivity contribution in [1.29, 1.82) is 0 Å². The first-order valence-corrected chi connectivity index (χ1v) is 24.1. The van der Waals surface area contributed by atoms with Crippen molar-refractivity contribution in [2.45, 2.75) is 264 Å². The molecule has 0 saturated heterocycles. The lowest BCUT2D eigenvalue weighted by Crippen LogP contribution is -2.45. The highest BCUT2D eigenvalue weighted by atomic mass is 16.5. The van der Waals surface area contributed by atoms with Gasteiger partial charge in [-0.1, -0.05) is 205 Å². The van der Waals surface area contributed by atoms with Gasteiger partial charge in [0.1, 0.15) is 0 Å². The Morgan fingerprint density at radius 1 is 0.491 bits per heavy atom. The molecule has 0 saturated carbocycles. The van der Waals surface area contributed by atoms with Crippen LogP contribution in [0.5, 0.6) is 0 Å². The number of carbonyl (C=O) groups excluding carboxylic acids is 2. The van der Waals surface area contributed by atoms with Crippen molar-refractivity contribution in [1.82, 2.24) is 5.32 Å². The zero-order chi connectivity index (χ0) is 40.1. The molecule has 2 atom stereocenters. The van der Waals surface area contributed by atoms with Crippen LogP contribution in [0.4, 0.5) is 0 Å². The zero-order valence-corrected chi connectivity index (χ0v) is 36.7. The molecule has 0 aromatic heterocycles. The molecule has 0 radical (unpaired) electrons. The first-order valence-electron chi connectivity index (χ1n) is 24.1. The van der Waals surface area contributed by atoms with Gasteiger partial charge in [0.25, 0.3) is 0 Å². The summed E-state index contributed by atoms with van der Waals surface area (Å²) in [7, 11) is 0. The molecule has 0 spiro atoms. The number of hydrogen-bond donors (Lipinski definition) is 3. The van der Waals surface area contributed by atoms with Crippen molar-refractivity contribution in [3.05, 3.63) is 24.3 Å². The number of aliphatic hydroxyl groups is 2. The predicted molar refractivity (Wildman–Crippen MR) is 236 cm³/mol. The number of allylic oxidation sites excluding steroid dienone is 3. The third-order valence-corrected chi connectivity index (χ3v) is 11.0. The van der Waals surface area contributed by atoms with E-state index in [1.807, 2.05) is 6.08 Å². The third kappa shape index (κ3) is 41.8. The van der Waals surface area contributed by atoms with E-state index in [1.54, 1.807) is 6.08 Å². The summed E-state index contributed by atoms with van der Waals surface area (Å²) in [5, 5.41) is 22.9. The fourth-order valence-electron chi connectivity index (χ4n) is 7.21. The molecule has 6 heteroatoms. The lowest BCUT2D eigenvalue weighted by molar-refractivity contribution is -0.143. The number of amides is 1. The normalized spacial score (nSPS) is 12.9. The van der Waals surface area contributed by atoms with Crippen LogP contribution in [0.1, 0.15) is 251 Å². The van der Waals surface area contributed by atoms with E-state index in [2.05, 4.69) is 31.3 Å². The van der Waals surface area contributed by atoms with Gasteiger partial charge in [-0.2, -0.15) is 0 Å². The molecule has 0 aromatic rings. The molecule has 0 aliphatic rings. The standard InChI is InChI=1S/C49H93NO5/c1-3-5-7-9-11-13-15-16-17-18-19-20-21-23-27-31-35-39-43-49(54)55-44-40-36-32-28-24-26-30-34-38-42-48(53)50-46(45-51)47(52)41-37-33-29-25-22-14-12-10-8-6-4-2/h17-18,37,41,46-47,51-52H,3-16,19-36,38-40,42-45H2,1-2H3,(H,50,53)/b18-17-,41-37+. The van der Waals surface area contributed by atoms with Crippen molar-refractivity contribution in [2.75, 3.05) is 13.2 Å². The first kappa shape index (κ1) is 53.3. The number of esters is 1. The Labute approximate surface area is 341 Å². The Kier molecular flexibility index (Phi) is 43.7. The largest absolute Gasteiger partial charge is 0.466 e. The zero-order valence-electron chi connectivity index (χ0n) is 36.7. The number of ether oxygens (including phenoxy) is 1. The molecule has 55 heavy (non-hydrogen) atoms. The van der Waals surface area contributed by atoms with Crippen molar-refractivity contribution in [2.24, 2.45) is 0 Å². The van der Waals surface area contributed by atoms with Gasteiger partial charge in [-0.3, -0.25) is 9.59 Å². The Hall–Kier alpha value is -1.66. The molecule has 0 aliphatic carbocycles. The molecule has 0 heterocycles. The van der Waals surface area contributed by atoms with Gasteiger partial charge in [-0.15, -0.1) is 0 Å². The van der Waals surface area contributed by atoms with E-state index in [0.717, 1.165) is 57.8 Å². The van der Waals surface area contributed by atoms with E-state index < -0.39 is 12.1 Å². The van der Waals surface area contributed by atoms with Crippen LogP contribution in [0, 0.1) is 0 Å². The molecule has 6 nitrogen and oxygen atoms in total. The van der Waals surface area contributed by atoms with Gasteiger partial charge in [-0.05, 0) is 57.8 Å². The molecular formula is C49H93NO5. The summed E-state index contributed by atoms with van der Waals surface area (Å²) in [6, 6.07) is -0.646. The predicted octanol–water partition coefficient (Wildman–Crippen LogP) is 14.0. The van der Waals surface area contributed by atoms with Crippen LogP contribution >= 0.6 is 0 Å². The third-order valence-electron chi connectivity index (χ3n) is 11.0. The van der Waals surface area contributed by atoms with Gasteiger partial charge in [0.2, 0.25) is 5.91 Å². The Morgan fingerprint density at radius 2 is 0.855 bits per heavy atom. The van der Waals surface area contributed by atoms with E-state index in [0.29, 0.717) is 19.4 Å². The van der Waals surface area contributed by atoms with E-state index in [4.69, 9.17) is 4.74 Å². The van der Waals surface area contributed by atoms with Gasteiger partial charge >= 0.3 is 5.97 Å². The number of aliphatic hydroxyl groups excluding tert-OH is 2. The SMILES string of the molecule is CCCCCCCCC/C=C\CCCCCCCCCC(=O)OCCCCCCCCCCCC(=O)NC(CO)C(O)/C=C/CCCCCCCCCCC. The monoisotopic (exact) mass is 776 g/mol. The number of unbranched alkanes of at least 4 members (excludes halogenated alkanes) is 31. The summed E-state index contributed by atoms with van der Waals surface area (Å²) >= 11 is 0. The van der Waals surface area contributed by atoms with Crippen molar-refractivity contribution in [3.63, 3.8) is 0 Å². The maximum Gasteiger partial charge on any atom is 0.305 e. The fraction of sp³-hybridized carbons (Fsp3) is 0.878. The summed E-state index contributed by atoms with van der Waals surface area (Å²) in [6.45, 7) is 4.81. The molecule has 2 unspecified atom stereocenters. The van der Waals surface area contributed by atoms with Crippen molar-refractivity contribution >= 4 is 11.9 Å². The average Bonchev–Trinajstić information content (AvgIpc) is 3.18. The Balaban J connectivity index is 3.50. The van der Waals surface area contributed by atoms with Crippen LogP contribution in [0.25, 0.3) is 0 Å². The molecule has 0 rings (SSSR count). The number of nitrogens with one attached hydrogen (secondary N) is 1. The molecule has 1 amide bonds. The van der Waals surface area contributed by atoms with E-state index in [9.17, 15) is 19.8 Å². The van der Waals surface area contributed by atoms with E-state index >= 15 is 0 Å². The van der Waals surface area contributed by atoms with Crippen LogP contribution in [0.15, 0.2) is 24.3 Å². The van der Waals surface area contributed by atoms with Crippen LogP contribution in [-0.4, -0.2) is 47.4 Å². The smallest absolute Gasteiger partial charge is 0.305 e. The lowest BCUT2D eigenvalue weighted by Gasteiger charge is -2.20. The molecule has 0 bridgehead atoms. The number of carbonyl (C=O) groups is 2. The summed E-state index contributed by atoms with van der Waals surface area (Å²) in [5.74, 6) is -0.129. The highest BCUT2D eigenvalue weighted by molar-refractivity contribution is 5.76. The average molecular weight is 776 g/mol. The van der Waals surface area contributed by atoms with Gasteiger partial charge in [0.05, 0.1) is 25.4 Å². The van der Waals surface area contributed by atoms with Crippen molar-refractivity contribution in [3.8, 4) is 0 Å². The molecule has 3 N–H and O–H groups in total. The second kappa shape index (κ2) is 45.0. The maximum atomic E-state index is 12.4. The number of hydrogen-bond acceptors (Lipinski definition) is 5. The Morgan fingerprint density at radius 3 is 1.29 bits per heavy atom. The van der Waals surface area contributed by atoms with E-state index in [1.165, 1.54) is 167 Å². The summed E-state index contributed by atoms with van der Waals surface area (Å²) in [4.78, 5) is 24.4. The second-order valence-corrected chi connectivity index (χ2v) is 16.4. The molecule has 0 aliphatic heterocycles. The van der Waals surface area contributed by atoms with Crippen molar-refractivity contribution < 1.29 is 24.5 Å². The minimum atomic E-state index is -0.860. The molecular weight excluding hydrogens is 683 g/mol. The second-order valence-electron chi connectivity index (χ2n) is 16.4. The van der Waals surface area contributed by atoms with Gasteiger partial charge in [0.15, 0.2) is 0 Å². The first-order chi connectivity index (χ1) is 27.0. The Bertz CT molecular complexity index is 858. The molecule has 324 valence electrons. The van der Waals surface area contributed by atoms with Gasteiger partial charge < -0.3 is 20.3 Å². The molecule has 0 aromatic carbocycles. The summed E-state index contributed by atoms with van der Waals surface area (Å²) in [5.41, 5.74) is 0. The van der Waals surface area contributed by atoms with Crippen LogP contribution in [0.2, 0.25) is 0 Å². The minimum absolute atomic E-state index is 0.0311. The minimum Gasteiger partial charge on any atom is -0.466 e. The van der Waals surface area contributed by atoms with Crippen LogP contribution in [0.3, 0.4) is 0 Å². The van der Waals surface area contributed by atoms with Gasteiger partial charge in [0, 0.05) is 12.8 Å².